The van der Waals surface area contributed by atoms with Crippen molar-refractivity contribution in [2.45, 2.75) is 38.7 Å². The second-order valence-corrected chi connectivity index (χ2v) is 9.93. The number of carbonyl (C=O) groups is 1. The molecule has 0 spiro atoms. The lowest BCUT2D eigenvalue weighted by molar-refractivity contribution is 0.0544. The van der Waals surface area contributed by atoms with Crippen LogP contribution in [0, 0.1) is 0 Å². The van der Waals surface area contributed by atoms with Gasteiger partial charge in [0.1, 0.15) is 5.60 Å². The molecule has 0 amide bonds. The maximum Gasteiger partial charge on any atom is 0.418 e. The molecule has 0 fully saturated rings. The van der Waals surface area contributed by atoms with E-state index in [-0.39, 0.29) is 12.0 Å². The van der Waals surface area contributed by atoms with Crippen LogP contribution in [0.2, 0.25) is 0 Å². The van der Waals surface area contributed by atoms with Gasteiger partial charge in [-0.2, -0.15) is 0 Å². The fourth-order valence-electron chi connectivity index (χ4n) is 4.57. The molecule has 180 valence electrons. The van der Waals surface area contributed by atoms with Crippen LogP contribution in [0.25, 0.3) is 22.0 Å². The molecule has 2 aromatic carbocycles. The molecule has 5 aromatic rings. The van der Waals surface area contributed by atoms with Crippen molar-refractivity contribution >= 4 is 17.0 Å². The van der Waals surface area contributed by atoms with Gasteiger partial charge in [-0.1, -0.05) is 42.5 Å². The molecule has 0 bridgehead atoms. The zero-order chi connectivity index (χ0) is 25.1. The molecule has 0 aliphatic heterocycles. The van der Waals surface area contributed by atoms with Crippen LogP contribution in [0.15, 0.2) is 104 Å². The normalized spacial score (nSPS) is 11.7. The second kappa shape index (κ2) is 9.78. The Hall–Kier alpha value is -4.25. The van der Waals surface area contributed by atoms with E-state index in [2.05, 4.69) is 58.5 Å². The number of pyridine rings is 2. The summed E-state index contributed by atoms with van der Waals surface area (Å²) in [6, 6.07) is 24.9. The van der Waals surface area contributed by atoms with Gasteiger partial charge >= 0.3 is 6.09 Å². The summed E-state index contributed by atoms with van der Waals surface area (Å²) in [7, 11) is 0. The van der Waals surface area contributed by atoms with Gasteiger partial charge in [0, 0.05) is 42.3 Å². The van der Waals surface area contributed by atoms with Crippen molar-refractivity contribution in [1.82, 2.24) is 14.5 Å². The van der Waals surface area contributed by atoms with Gasteiger partial charge in [-0.25, -0.2) is 4.79 Å². The van der Waals surface area contributed by atoms with E-state index in [0.717, 1.165) is 34.0 Å². The summed E-state index contributed by atoms with van der Waals surface area (Å²) in [4.78, 5) is 21.4. The molecule has 0 aliphatic rings. The van der Waals surface area contributed by atoms with Crippen molar-refractivity contribution in [3.63, 3.8) is 0 Å². The average Bonchev–Trinajstić information content (AvgIpc) is 3.31. The molecule has 5 heteroatoms. The van der Waals surface area contributed by atoms with E-state index >= 15 is 0 Å². The number of rotatable bonds is 5. The Kier molecular flexibility index (Phi) is 6.38. The van der Waals surface area contributed by atoms with Gasteiger partial charge in [-0.15, -0.1) is 0 Å². The maximum absolute atomic E-state index is 12.7. The minimum absolute atomic E-state index is 0.130. The highest BCUT2D eigenvalue weighted by molar-refractivity contribution is 5.92. The Morgan fingerprint density at radius 3 is 2.22 bits per heavy atom. The molecule has 0 saturated carbocycles. The van der Waals surface area contributed by atoms with E-state index in [0.29, 0.717) is 0 Å². The van der Waals surface area contributed by atoms with Crippen molar-refractivity contribution in [2.24, 2.45) is 0 Å². The summed E-state index contributed by atoms with van der Waals surface area (Å²) in [5, 5.41) is 0.990. The van der Waals surface area contributed by atoms with E-state index in [1.165, 1.54) is 11.1 Å². The van der Waals surface area contributed by atoms with Gasteiger partial charge in [-0.3, -0.25) is 14.5 Å². The van der Waals surface area contributed by atoms with Gasteiger partial charge in [-0.05, 0) is 85.3 Å². The average molecular weight is 476 g/mol. The van der Waals surface area contributed by atoms with Crippen molar-refractivity contribution in [2.75, 3.05) is 0 Å². The predicted molar refractivity (Wildman–Crippen MR) is 143 cm³/mol. The van der Waals surface area contributed by atoms with Crippen LogP contribution in [0.5, 0.6) is 0 Å². The van der Waals surface area contributed by atoms with Gasteiger partial charge in [0.25, 0.3) is 0 Å². The summed E-state index contributed by atoms with van der Waals surface area (Å²) >= 11 is 0. The zero-order valence-corrected chi connectivity index (χ0v) is 20.8. The van der Waals surface area contributed by atoms with Gasteiger partial charge in [0.15, 0.2) is 0 Å². The lowest BCUT2D eigenvalue weighted by atomic mass is 9.85. The molecule has 36 heavy (non-hydrogen) atoms. The molecule has 3 aromatic heterocycles. The van der Waals surface area contributed by atoms with Crippen LogP contribution in [-0.2, 0) is 11.2 Å². The number of carbonyl (C=O) groups excluding carboxylic acids is 1. The largest absolute Gasteiger partial charge is 0.443 e. The summed E-state index contributed by atoms with van der Waals surface area (Å²) in [5.74, 6) is 0.130. The van der Waals surface area contributed by atoms with Gasteiger partial charge in [0.2, 0.25) is 0 Å². The number of fused-ring (bicyclic) bond motifs is 1. The van der Waals surface area contributed by atoms with Gasteiger partial charge < -0.3 is 4.74 Å². The van der Waals surface area contributed by atoms with Crippen LogP contribution in [-0.4, -0.2) is 26.2 Å². The third-order valence-corrected chi connectivity index (χ3v) is 6.21. The molecular formula is C31H29N3O2. The molecule has 3 heterocycles. The maximum atomic E-state index is 12.7. The third kappa shape index (κ3) is 5.05. The number of benzene rings is 2. The third-order valence-electron chi connectivity index (χ3n) is 6.21. The molecule has 0 unspecified atom stereocenters. The van der Waals surface area contributed by atoms with Crippen LogP contribution in [0.1, 0.15) is 43.4 Å². The molecule has 0 radical (unpaired) electrons. The Labute approximate surface area is 211 Å². The van der Waals surface area contributed by atoms with E-state index in [9.17, 15) is 4.79 Å². The number of hydrogen-bond acceptors (Lipinski definition) is 4. The standard InChI is InChI=1S/C31H29N3O2/c1-31(2,3)36-30(35)34-17-14-24-18-23(12-13-29(24)34)27-11-5-4-8-22(27)19-28(25-9-6-15-32-20-25)26-10-7-16-33-21-26/h4-18,20-21,28H,19H2,1-3H3. The minimum Gasteiger partial charge on any atom is -0.443 e. The van der Waals surface area contributed by atoms with E-state index in [1.54, 1.807) is 23.2 Å². The van der Waals surface area contributed by atoms with Crippen molar-refractivity contribution in [3.05, 3.63) is 120 Å². The topological polar surface area (TPSA) is 57.0 Å². The van der Waals surface area contributed by atoms with Crippen molar-refractivity contribution in [1.29, 1.82) is 0 Å². The summed E-state index contributed by atoms with van der Waals surface area (Å²) in [5.41, 5.74) is 6.11. The fourth-order valence-corrected chi connectivity index (χ4v) is 4.57. The Balaban J connectivity index is 1.51. The fraction of sp³-hybridized carbons (Fsp3) is 0.194. The highest BCUT2D eigenvalue weighted by Gasteiger charge is 2.20. The Bertz CT molecular complexity index is 1450. The SMILES string of the molecule is CC(C)(C)OC(=O)n1ccc2cc(-c3ccccc3CC(c3cccnc3)c3cccnc3)ccc21. The zero-order valence-electron chi connectivity index (χ0n) is 20.8. The highest BCUT2D eigenvalue weighted by Crippen LogP contribution is 2.34. The number of hydrogen-bond donors (Lipinski definition) is 0. The first-order valence-electron chi connectivity index (χ1n) is 12.1. The molecule has 5 nitrogen and oxygen atoms in total. The quantitative estimate of drug-likeness (QED) is 0.268. The number of nitrogens with zero attached hydrogens (tertiary/aromatic N) is 3. The Morgan fingerprint density at radius 2 is 1.58 bits per heavy atom. The molecule has 0 atom stereocenters. The summed E-state index contributed by atoms with van der Waals surface area (Å²) in [6.07, 6.45) is 9.69. The second-order valence-electron chi connectivity index (χ2n) is 9.93. The summed E-state index contributed by atoms with van der Waals surface area (Å²) in [6.45, 7) is 5.61. The van der Waals surface area contributed by atoms with E-state index in [4.69, 9.17) is 4.74 Å². The first kappa shape index (κ1) is 23.5. The highest BCUT2D eigenvalue weighted by atomic mass is 16.6. The first-order valence-corrected chi connectivity index (χ1v) is 12.1. The lowest BCUT2D eigenvalue weighted by Crippen LogP contribution is -2.26. The molecule has 0 N–H and O–H groups in total. The lowest BCUT2D eigenvalue weighted by Gasteiger charge is -2.20. The molecule has 5 rings (SSSR count). The molecule has 0 saturated heterocycles. The summed E-state index contributed by atoms with van der Waals surface area (Å²) < 4.78 is 7.13. The van der Waals surface area contributed by atoms with Crippen LogP contribution in [0.3, 0.4) is 0 Å². The molecule has 0 aliphatic carbocycles. The Morgan fingerprint density at radius 1 is 0.889 bits per heavy atom. The minimum atomic E-state index is -0.550. The monoisotopic (exact) mass is 475 g/mol. The van der Waals surface area contributed by atoms with Gasteiger partial charge in [0.05, 0.1) is 5.52 Å². The number of aromatic nitrogens is 3. The molecular weight excluding hydrogens is 446 g/mol. The van der Waals surface area contributed by atoms with Crippen LogP contribution < -0.4 is 0 Å². The van der Waals surface area contributed by atoms with E-state index in [1.807, 2.05) is 57.4 Å². The van der Waals surface area contributed by atoms with Crippen LogP contribution in [0.4, 0.5) is 4.79 Å². The number of ether oxygens (including phenoxy) is 1. The predicted octanol–water partition coefficient (Wildman–Crippen LogP) is 7.26. The van der Waals surface area contributed by atoms with E-state index < -0.39 is 5.60 Å². The van der Waals surface area contributed by atoms with Crippen LogP contribution >= 0.6 is 0 Å². The van der Waals surface area contributed by atoms with Crippen molar-refractivity contribution < 1.29 is 9.53 Å². The van der Waals surface area contributed by atoms with Crippen molar-refractivity contribution in [3.8, 4) is 11.1 Å². The first-order chi connectivity index (χ1) is 17.4. The smallest absolute Gasteiger partial charge is 0.418 e.